The van der Waals surface area contributed by atoms with Gasteiger partial charge in [-0.05, 0) is 18.6 Å². The van der Waals surface area contributed by atoms with Crippen molar-refractivity contribution in [1.29, 1.82) is 0 Å². The van der Waals surface area contributed by atoms with Crippen molar-refractivity contribution in [3.8, 4) is 11.5 Å². The van der Waals surface area contributed by atoms with Crippen molar-refractivity contribution in [2.24, 2.45) is 0 Å². The van der Waals surface area contributed by atoms with E-state index in [2.05, 4.69) is 10.3 Å². The summed E-state index contributed by atoms with van der Waals surface area (Å²) in [5.74, 6) is 0.365. The van der Waals surface area contributed by atoms with Gasteiger partial charge < -0.3 is 10.1 Å². The number of pyridine rings is 1. The van der Waals surface area contributed by atoms with E-state index in [4.69, 9.17) is 4.74 Å². The average Bonchev–Trinajstić information content (AvgIpc) is 2.35. The molecule has 0 saturated heterocycles. The predicted octanol–water partition coefficient (Wildman–Crippen LogP) is 3.36. The van der Waals surface area contributed by atoms with Crippen molar-refractivity contribution in [3.63, 3.8) is 0 Å². The van der Waals surface area contributed by atoms with Gasteiger partial charge in [-0.25, -0.2) is 4.39 Å². The smallest absolute Gasteiger partial charge is 0.168 e. The van der Waals surface area contributed by atoms with Gasteiger partial charge in [0, 0.05) is 13.1 Å². The Kier molecular flexibility index (Phi) is 3.23. The van der Waals surface area contributed by atoms with Crippen LogP contribution in [0, 0.1) is 12.7 Å². The van der Waals surface area contributed by atoms with E-state index in [1.54, 1.807) is 50.6 Å². The van der Waals surface area contributed by atoms with Crippen LogP contribution in [-0.4, -0.2) is 12.0 Å². The summed E-state index contributed by atoms with van der Waals surface area (Å²) in [6.45, 7) is 1.70. The summed E-state index contributed by atoms with van der Waals surface area (Å²) in [5.41, 5.74) is 1.37. The normalized spacial score (nSPS) is 10.1. The molecule has 0 aliphatic rings. The lowest BCUT2D eigenvalue weighted by Gasteiger charge is -2.08. The van der Waals surface area contributed by atoms with Gasteiger partial charge in [-0.2, -0.15) is 0 Å². The minimum atomic E-state index is -0.345. The molecule has 1 aromatic heterocycles. The van der Waals surface area contributed by atoms with E-state index in [1.165, 1.54) is 0 Å². The van der Waals surface area contributed by atoms with Crippen molar-refractivity contribution in [1.82, 2.24) is 4.98 Å². The van der Waals surface area contributed by atoms with Gasteiger partial charge in [-0.15, -0.1) is 0 Å². The van der Waals surface area contributed by atoms with Crippen LogP contribution >= 0.6 is 0 Å². The minimum absolute atomic E-state index is 0.208. The molecule has 0 radical (unpaired) electrons. The Hall–Kier alpha value is -2.10. The zero-order chi connectivity index (χ0) is 12.3. The van der Waals surface area contributed by atoms with Crippen LogP contribution in [0.1, 0.15) is 5.56 Å². The molecule has 1 N–H and O–H groups in total. The number of aryl methyl sites for hydroxylation is 1. The van der Waals surface area contributed by atoms with Crippen molar-refractivity contribution in [2.75, 3.05) is 12.4 Å². The number of halogens is 1. The van der Waals surface area contributed by atoms with Crippen LogP contribution in [0.15, 0.2) is 36.7 Å². The summed E-state index contributed by atoms with van der Waals surface area (Å²) in [4.78, 5) is 3.99. The highest BCUT2D eigenvalue weighted by molar-refractivity contribution is 5.46. The SMILES string of the molecule is CNc1cncc(Oc2cccc(C)c2F)c1. The highest BCUT2D eigenvalue weighted by Crippen LogP contribution is 2.26. The second-order valence-corrected chi connectivity index (χ2v) is 3.65. The third kappa shape index (κ3) is 2.53. The van der Waals surface area contributed by atoms with Crippen LogP contribution in [-0.2, 0) is 0 Å². The summed E-state index contributed by atoms with van der Waals surface area (Å²) < 4.78 is 19.2. The van der Waals surface area contributed by atoms with Gasteiger partial charge >= 0.3 is 0 Å². The maximum Gasteiger partial charge on any atom is 0.168 e. The van der Waals surface area contributed by atoms with E-state index in [1.807, 2.05) is 0 Å². The van der Waals surface area contributed by atoms with Crippen molar-refractivity contribution in [2.45, 2.75) is 6.92 Å². The number of aromatic nitrogens is 1. The molecule has 0 amide bonds. The fraction of sp³-hybridized carbons (Fsp3) is 0.154. The molecule has 0 saturated carbocycles. The Morgan fingerprint density at radius 2 is 2.12 bits per heavy atom. The second kappa shape index (κ2) is 4.82. The molecule has 0 unspecified atom stereocenters. The maximum atomic E-state index is 13.7. The maximum absolute atomic E-state index is 13.7. The second-order valence-electron chi connectivity index (χ2n) is 3.65. The van der Waals surface area contributed by atoms with Gasteiger partial charge in [-0.1, -0.05) is 12.1 Å². The van der Waals surface area contributed by atoms with Gasteiger partial charge in [0.2, 0.25) is 0 Å². The van der Waals surface area contributed by atoms with Gasteiger partial charge in [0.15, 0.2) is 11.6 Å². The number of anilines is 1. The fourth-order valence-corrected chi connectivity index (χ4v) is 1.44. The zero-order valence-corrected chi connectivity index (χ0v) is 9.70. The zero-order valence-electron chi connectivity index (χ0n) is 9.70. The average molecular weight is 232 g/mol. The van der Waals surface area contributed by atoms with Crippen molar-refractivity contribution in [3.05, 3.63) is 48.0 Å². The Bertz CT molecular complexity index is 529. The molecule has 0 aliphatic carbocycles. The van der Waals surface area contributed by atoms with Crippen molar-refractivity contribution >= 4 is 5.69 Å². The number of nitrogens with zero attached hydrogens (tertiary/aromatic N) is 1. The first-order valence-electron chi connectivity index (χ1n) is 5.26. The summed E-state index contributed by atoms with van der Waals surface area (Å²) in [6, 6.07) is 6.80. The molecular formula is C13H13FN2O. The topological polar surface area (TPSA) is 34.2 Å². The summed E-state index contributed by atoms with van der Waals surface area (Å²) in [5, 5.41) is 2.94. The Morgan fingerprint density at radius 3 is 2.88 bits per heavy atom. The van der Waals surface area contributed by atoms with E-state index >= 15 is 0 Å². The number of benzene rings is 1. The van der Waals surface area contributed by atoms with E-state index in [0.717, 1.165) is 5.69 Å². The third-order valence-corrected chi connectivity index (χ3v) is 2.39. The molecule has 0 fully saturated rings. The Morgan fingerprint density at radius 1 is 1.29 bits per heavy atom. The first kappa shape index (κ1) is 11.4. The lowest BCUT2D eigenvalue weighted by molar-refractivity contribution is 0.438. The minimum Gasteiger partial charge on any atom is -0.453 e. The number of hydrogen-bond acceptors (Lipinski definition) is 3. The van der Waals surface area contributed by atoms with Crippen molar-refractivity contribution < 1.29 is 9.13 Å². The number of ether oxygens (including phenoxy) is 1. The summed E-state index contributed by atoms with van der Waals surface area (Å²) >= 11 is 0. The molecule has 3 nitrogen and oxygen atoms in total. The van der Waals surface area contributed by atoms with Crippen LogP contribution in [0.2, 0.25) is 0 Å². The van der Waals surface area contributed by atoms with Crippen LogP contribution in [0.5, 0.6) is 11.5 Å². The highest BCUT2D eigenvalue weighted by Gasteiger charge is 2.07. The molecule has 17 heavy (non-hydrogen) atoms. The third-order valence-electron chi connectivity index (χ3n) is 2.39. The van der Waals surface area contributed by atoms with Gasteiger partial charge in [-0.3, -0.25) is 4.98 Å². The summed E-state index contributed by atoms with van der Waals surface area (Å²) in [6.07, 6.45) is 3.21. The van der Waals surface area contributed by atoms with Gasteiger partial charge in [0.25, 0.3) is 0 Å². The number of hydrogen-bond donors (Lipinski definition) is 1. The molecule has 4 heteroatoms. The quantitative estimate of drug-likeness (QED) is 0.881. The molecule has 0 aliphatic heterocycles. The fourth-order valence-electron chi connectivity index (χ4n) is 1.44. The lowest BCUT2D eigenvalue weighted by atomic mass is 10.2. The number of rotatable bonds is 3. The molecule has 2 aromatic rings. The first-order valence-corrected chi connectivity index (χ1v) is 5.26. The largest absolute Gasteiger partial charge is 0.453 e. The monoisotopic (exact) mass is 232 g/mol. The van der Waals surface area contributed by atoms with Crippen LogP contribution in [0.25, 0.3) is 0 Å². The van der Waals surface area contributed by atoms with Crippen LogP contribution in [0.4, 0.5) is 10.1 Å². The molecule has 2 rings (SSSR count). The van der Waals surface area contributed by atoms with E-state index < -0.39 is 0 Å². The molecular weight excluding hydrogens is 219 g/mol. The van der Waals surface area contributed by atoms with E-state index in [0.29, 0.717) is 11.3 Å². The molecule has 88 valence electrons. The Labute approximate surface area is 99.3 Å². The molecule has 1 heterocycles. The first-order chi connectivity index (χ1) is 8.20. The highest BCUT2D eigenvalue weighted by atomic mass is 19.1. The molecule has 0 spiro atoms. The van der Waals surface area contributed by atoms with Crippen LogP contribution < -0.4 is 10.1 Å². The standard InChI is InChI=1S/C13H13FN2O/c1-9-4-3-5-12(13(9)14)17-11-6-10(15-2)7-16-8-11/h3-8,15H,1-2H3. The Balaban J connectivity index is 2.28. The predicted molar refractivity (Wildman–Crippen MR) is 65.0 cm³/mol. The van der Waals surface area contributed by atoms with Gasteiger partial charge in [0.05, 0.1) is 18.1 Å². The molecule has 0 atom stereocenters. The van der Waals surface area contributed by atoms with Crippen LogP contribution in [0.3, 0.4) is 0 Å². The molecule has 0 bridgehead atoms. The number of nitrogens with one attached hydrogen (secondary N) is 1. The summed E-state index contributed by atoms with van der Waals surface area (Å²) in [7, 11) is 1.79. The lowest BCUT2D eigenvalue weighted by Crippen LogP contribution is -1.93. The molecule has 1 aromatic carbocycles. The van der Waals surface area contributed by atoms with E-state index in [9.17, 15) is 4.39 Å². The van der Waals surface area contributed by atoms with Gasteiger partial charge in [0.1, 0.15) is 5.75 Å². The van der Waals surface area contributed by atoms with E-state index in [-0.39, 0.29) is 11.6 Å².